The molecule has 0 spiro atoms. The molecule has 1 saturated carbocycles. The highest BCUT2D eigenvalue weighted by molar-refractivity contribution is 7.22. The van der Waals surface area contributed by atoms with Gasteiger partial charge in [-0.05, 0) is 37.0 Å². The van der Waals surface area contributed by atoms with Crippen LogP contribution in [0.4, 0.5) is 5.13 Å². The van der Waals surface area contributed by atoms with E-state index in [0.29, 0.717) is 17.2 Å². The Labute approximate surface area is 184 Å². The monoisotopic (exact) mass is 442 g/mol. The van der Waals surface area contributed by atoms with Gasteiger partial charge in [0.25, 0.3) is 5.91 Å². The maximum absolute atomic E-state index is 13.6. The van der Waals surface area contributed by atoms with Crippen LogP contribution in [0.25, 0.3) is 10.2 Å². The number of hydrogen-bond acceptors (Lipinski definition) is 7. The molecular weight excluding hydrogens is 416 g/mol. The smallest absolute Gasteiger partial charge is 0.251 e. The van der Waals surface area contributed by atoms with Crippen LogP contribution in [0.2, 0.25) is 0 Å². The molecule has 2 amide bonds. The first-order valence-electron chi connectivity index (χ1n) is 10.8. The van der Waals surface area contributed by atoms with Gasteiger partial charge in [-0.2, -0.15) is 0 Å². The summed E-state index contributed by atoms with van der Waals surface area (Å²) in [4.78, 5) is 45.0. The lowest BCUT2D eigenvalue weighted by atomic mass is 9.95. The molecule has 0 bridgehead atoms. The Balaban J connectivity index is 1.40. The Kier molecular flexibility index (Phi) is 5.18. The van der Waals surface area contributed by atoms with E-state index in [1.807, 2.05) is 6.92 Å². The van der Waals surface area contributed by atoms with Crippen LogP contribution in [0.1, 0.15) is 43.0 Å². The first kappa shape index (κ1) is 20.4. The van der Waals surface area contributed by atoms with Gasteiger partial charge in [0.1, 0.15) is 18.7 Å². The quantitative estimate of drug-likeness (QED) is 0.748. The van der Waals surface area contributed by atoms with Gasteiger partial charge in [0.15, 0.2) is 10.9 Å². The molecule has 0 unspecified atom stereocenters. The lowest BCUT2D eigenvalue weighted by Crippen LogP contribution is -2.54. The molecule has 2 aliphatic heterocycles. The van der Waals surface area contributed by atoms with Gasteiger partial charge >= 0.3 is 0 Å². The zero-order valence-corrected chi connectivity index (χ0v) is 18.2. The normalized spacial score (nSPS) is 27.1. The van der Waals surface area contributed by atoms with E-state index in [4.69, 9.17) is 10.5 Å². The number of hydrogen-bond donors (Lipinski definition) is 2. The van der Waals surface area contributed by atoms with Gasteiger partial charge in [0.05, 0.1) is 16.3 Å². The van der Waals surface area contributed by atoms with Crippen molar-refractivity contribution >= 4 is 44.3 Å². The van der Waals surface area contributed by atoms with Crippen molar-refractivity contribution in [3.8, 4) is 0 Å². The fraction of sp³-hybridized carbons (Fsp3) is 0.545. The Hall–Kier alpha value is -2.52. The first-order chi connectivity index (χ1) is 14.9. The van der Waals surface area contributed by atoms with Crippen molar-refractivity contribution in [3.05, 3.63) is 23.8 Å². The molecule has 3 aliphatic rings. The number of anilines is 1. The molecule has 2 aromatic rings. The third-order valence-electron chi connectivity index (χ3n) is 6.81. The number of aromatic nitrogens is 1. The van der Waals surface area contributed by atoms with Crippen LogP contribution in [-0.2, 0) is 14.3 Å². The summed E-state index contributed by atoms with van der Waals surface area (Å²) in [5.41, 5.74) is 7.00. The number of nitrogen functional groups attached to an aromatic ring is 1. The highest BCUT2D eigenvalue weighted by Crippen LogP contribution is 2.35. The van der Waals surface area contributed by atoms with Crippen molar-refractivity contribution < 1.29 is 19.1 Å². The highest BCUT2D eigenvalue weighted by Gasteiger charge is 2.52. The standard InChI is InChI=1S/C22H26N4O4S/c1-11-9-26(18-15(27)10-30-19(11)18)21(29)17(12-4-2-3-5-12)25-20(28)13-6-7-14-16(8-13)31-22(23)24-14/h6-8,11-12,17-19H,2-5,9-10H2,1H3,(H2,23,24)(H,25,28)/t11-,17+,18-,19-/m1/s1. The number of likely N-dealkylation sites (tertiary alicyclic amines) is 1. The Bertz CT molecular complexity index is 1050. The number of ketones is 1. The summed E-state index contributed by atoms with van der Waals surface area (Å²) in [5.74, 6) is -0.337. The number of nitrogens with two attached hydrogens (primary N) is 1. The van der Waals surface area contributed by atoms with Crippen LogP contribution in [-0.4, -0.2) is 58.8 Å². The number of benzene rings is 1. The van der Waals surface area contributed by atoms with Gasteiger partial charge in [-0.3, -0.25) is 14.4 Å². The predicted octanol–water partition coefficient (Wildman–Crippen LogP) is 1.98. The molecule has 5 rings (SSSR count). The van der Waals surface area contributed by atoms with E-state index >= 15 is 0 Å². The number of rotatable bonds is 4. The van der Waals surface area contributed by atoms with Gasteiger partial charge in [0.2, 0.25) is 5.91 Å². The molecule has 3 fully saturated rings. The Morgan fingerprint density at radius 3 is 2.87 bits per heavy atom. The zero-order chi connectivity index (χ0) is 21.7. The minimum Gasteiger partial charge on any atom is -0.375 e. The van der Waals surface area contributed by atoms with Crippen LogP contribution in [0.5, 0.6) is 0 Å². The first-order valence-corrected chi connectivity index (χ1v) is 11.7. The minimum absolute atomic E-state index is 0.0487. The fourth-order valence-corrected chi connectivity index (χ4v) is 6.05. The Morgan fingerprint density at radius 1 is 1.32 bits per heavy atom. The highest BCUT2D eigenvalue weighted by atomic mass is 32.1. The third kappa shape index (κ3) is 3.59. The second-order valence-electron chi connectivity index (χ2n) is 8.88. The van der Waals surface area contributed by atoms with Crippen LogP contribution < -0.4 is 11.1 Å². The molecule has 8 nitrogen and oxygen atoms in total. The average molecular weight is 443 g/mol. The number of carbonyl (C=O) groups excluding carboxylic acids is 3. The summed E-state index contributed by atoms with van der Waals surface area (Å²) in [7, 11) is 0. The number of ether oxygens (including phenoxy) is 1. The number of nitrogens with zero attached hydrogens (tertiary/aromatic N) is 2. The zero-order valence-electron chi connectivity index (χ0n) is 17.4. The van der Waals surface area contributed by atoms with E-state index in [1.54, 1.807) is 23.1 Å². The summed E-state index contributed by atoms with van der Waals surface area (Å²) < 4.78 is 6.47. The molecule has 0 radical (unpaired) electrons. The molecule has 4 atom stereocenters. The maximum atomic E-state index is 13.6. The van der Waals surface area contributed by atoms with Crippen molar-refractivity contribution in [1.29, 1.82) is 0 Å². The molecule has 1 aliphatic carbocycles. The predicted molar refractivity (Wildman–Crippen MR) is 117 cm³/mol. The van der Waals surface area contributed by atoms with Crippen LogP contribution >= 0.6 is 11.3 Å². The van der Waals surface area contributed by atoms with Gasteiger partial charge in [-0.25, -0.2) is 4.98 Å². The molecule has 9 heteroatoms. The third-order valence-corrected chi connectivity index (χ3v) is 7.66. The van der Waals surface area contributed by atoms with Crippen molar-refractivity contribution in [1.82, 2.24) is 15.2 Å². The maximum Gasteiger partial charge on any atom is 0.251 e. The molecule has 3 heterocycles. The van der Waals surface area contributed by atoms with Gasteiger partial charge in [0, 0.05) is 18.0 Å². The minimum atomic E-state index is -0.642. The number of thiazole rings is 1. The van der Waals surface area contributed by atoms with Crippen molar-refractivity contribution in [2.45, 2.75) is 50.8 Å². The number of Topliss-reactive ketones (excluding diaryl/α,β-unsaturated/α-hetero) is 1. The second-order valence-corrected chi connectivity index (χ2v) is 9.95. The molecule has 2 saturated heterocycles. The van der Waals surface area contributed by atoms with Gasteiger partial charge in [-0.1, -0.05) is 31.1 Å². The summed E-state index contributed by atoms with van der Waals surface area (Å²) in [6.07, 6.45) is 3.63. The fourth-order valence-electron chi connectivity index (χ4n) is 5.28. The lowest BCUT2D eigenvalue weighted by Gasteiger charge is -2.30. The topological polar surface area (TPSA) is 115 Å². The molecule has 31 heavy (non-hydrogen) atoms. The van der Waals surface area contributed by atoms with Crippen LogP contribution in [0.3, 0.4) is 0 Å². The summed E-state index contributed by atoms with van der Waals surface area (Å²) in [6.45, 7) is 2.54. The number of nitrogens with one attached hydrogen (secondary N) is 1. The van der Waals surface area contributed by atoms with E-state index in [2.05, 4.69) is 10.3 Å². The van der Waals surface area contributed by atoms with Crippen molar-refractivity contribution in [2.75, 3.05) is 18.9 Å². The van der Waals surface area contributed by atoms with E-state index in [0.717, 1.165) is 35.9 Å². The van der Waals surface area contributed by atoms with Crippen LogP contribution in [0.15, 0.2) is 18.2 Å². The average Bonchev–Trinajstić information content (AvgIpc) is 3.51. The summed E-state index contributed by atoms with van der Waals surface area (Å²) in [6, 6.07) is 4.06. The molecule has 1 aromatic carbocycles. The van der Waals surface area contributed by atoms with E-state index < -0.39 is 12.1 Å². The van der Waals surface area contributed by atoms with Gasteiger partial charge < -0.3 is 20.7 Å². The van der Waals surface area contributed by atoms with Crippen LogP contribution in [0, 0.1) is 11.8 Å². The summed E-state index contributed by atoms with van der Waals surface area (Å²) in [5, 5.41) is 3.46. The number of amides is 2. The summed E-state index contributed by atoms with van der Waals surface area (Å²) >= 11 is 1.33. The number of carbonyl (C=O) groups is 3. The Morgan fingerprint density at radius 2 is 2.10 bits per heavy atom. The lowest BCUT2D eigenvalue weighted by molar-refractivity contribution is -0.139. The van der Waals surface area contributed by atoms with E-state index in [1.165, 1.54) is 11.3 Å². The van der Waals surface area contributed by atoms with Crippen molar-refractivity contribution in [2.24, 2.45) is 11.8 Å². The molecular formula is C22H26N4O4S. The second kappa shape index (κ2) is 7.87. The largest absolute Gasteiger partial charge is 0.375 e. The molecule has 1 aromatic heterocycles. The van der Waals surface area contributed by atoms with E-state index in [9.17, 15) is 14.4 Å². The van der Waals surface area contributed by atoms with E-state index in [-0.39, 0.29) is 42.1 Å². The SMILES string of the molecule is C[C@@H]1CN(C(=O)[C@@H](NC(=O)c2ccc3nc(N)sc3c2)C2CCCC2)[C@@H]2C(=O)CO[C@H]12. The van der Waals surface area contributed by atoms with Gasteiger partial charge in [-0.15, -0.1) is 0 Å². The van der Waals surface area contributed by atoms with Crippen molar-refractivity contribution in [3.63, 3.8) is 0 Å². The molecule has 3 N–H and O–H groups in total. The molecule has 164 valence electrons. The number of fused-ring (bicyclic) bond motifs is 2.